The van der Waals surface area contributed by atoms with Crippen LogP contribution in [0.1, 0.15) is 0 Å². The monoisotopic (exact) mass is 230 g/mol. The maximum absolute atomic E-state index is 11.7. The first-order chi connectivity index (χ1) is 7.52. The Morgan fingerprint density at radius 2 is 2.00 bits per heavy atom. The average molecular weight is 230 g/mol. The lowest BCUT2D eigenvalue weighted by molar-refractivity contribution is -0.145. The predicted molar refractivity (Wildman–Crippen MR) is 57.0 cm³/mol. The molecule has 6 nitrogen and oxygen atoms in total. The first kappa shape index (κ1) is 12.9. The average Bonchev–Trinajstić information content (AvgIpc) is 2.65. The van der Waals surface area contributed by atoms with Crippen LogP contribution in [0.25, 0.3) is 0 Å². The summed E-state index contributed by atoms with van der Waals surface area (Å²) in [6, 6.07) is 0. The third-order valence-electron chi connectivity index (χ3n) is 2.59. The summed E-state index contributed by atoms with van der Waals surface area (Å²) in [6.45, 7) is 1.58. The van der Waals surface area contributed by atoms with E-state index in [1.54, 1.807) is 0 Å². The van der Waals surface area contributed by atoms with Crippen LogP contribution >= 0.6 is 0 Å². The molecule has 1 amide bonds. The molecule has 92 valence electrons. The predicted octanol–water partition coefficient (Wildman–Crippen LogP) is -0.989. The molecule has 0 aromatic carbocycles. The lowest BCUT2D eigenvalue weighted by Crippen LogP contribution is -2.40. The van der Waals surface area contributed by atoms with Crippen LogP contribution in [-0.4, -0.2) is 62.3 Å². The second-order valence-electron chi connectivity index (χ2n) is 4.18. The number of nitrogens with one attached hydrogen (secondary N) is 1. The number of ether oxygens (including phenoxy) is 1. The van der Waals surface area contributed by atoms with Gasteiger partial charge in [0, 0.05) is 13.1 Å². The Morgan fingerprint density at radius 1 is 1.38 bits per heavy atom. The molecule has 0 unspecified atom stereocenters. The fourth-order valence-electron chi connectivity index (χ4n) is 1.59. The maximum atomic E-state index is 11.7. The number of likely N-dealkylation sites (N-methyl/N-ethyl adjacent to an activating group) is 1. The highest BCUT2D eigenvalue weighted by molar-refractivity contribution is 5.85. The molecule has 1 aliphatic rings. The summed E-state index contributed by atoms with van der Waals surface area (Å²) in [4.78, 5) is 24.4. The Bertz CT molecular complexity index is 268. The molecule has 0 aliphatic carbocycles. The SMILES string of the molecule is CN(C)CCNC(=O)[C@@H]1COC[C@@H]1C(=O)O. The zero-order chi connectivity index (χ0) is 12.1. The third kappa shape index (κ3) is 3.46. The van der Waals surface area contributed by atoms with Crippen LogP contribution < -0.4 is 5.32 Å². The number of amides is 1. The van der Waals surface area contributed by atoms with Gasteiger partial charge in [0.1, 0.15) is 0 Å². The largest absolute Gasteiger partial charge is 0.481 e. The number of hydrogen-bond acceptors (Lipinski definition) is 4. The summed E-state index contributed by atoms with van der Waals surface area (Å²) >= 11 is 0. The van der Waals surface area contributed by atoms with E-state index < -0.39 is 17.8 Å². The van der Waals surface area contributed by atoms with Gasteiger partial charge in [-0.2, -0.15) is 0 Å². The number of aliphatic carboxylic acids is 1. The van der Waals surface area contributed by atoms with Crippen LogP contribution in [0, 0.1) is 11.8 Å². The van der Waals surface area contributed by atoms with Gasteiger partial charge < -0.3 is 20.1 Å². The van der Waals surface area contributed by atoms with Crippen LogP contribution in [0.5, 0.6) is 0 Å². The van der Waals surface area contributed by atoms with Gasteiger partial charge >= 0.3 is 5.97 Å². The molecule has 0 aromatic heterocycles. The van der Waals surface area contributed by atoms with E-state index in [4.69, 9.17) is 9.84 Å². The molecule has 2 N–H and O–H groups in total. The topological polar surface area (TPSA) is 78.9 Å². The summed E-state index contributed by atoms with van der Waals surface area (Å²) in [7, 11) is 3.82. The van der Waals surface area contributed by atoms with Gasteiger partial charge in [0.15, 0.2) is 0 Å². The Kier molecular flexibility index (Phi) is 4.70. The van der Waals surface area contributed by atoms with E-state index in [-0.39, 0.29) is 19.1 Å². The first-order valence-electron chi connectivity index (χ1n) is 5.25. The van der Waals surface area contributed by atoms with Crippen molar-refractivity contribution >= 4 is 11.9 Å². The number of hydrogen-bond donors (Lipinski definition) is 2. The van der Waals surface area contributed by atoms with Gasteiger partial charge in [-0.15, -0.1) is 0 Å². The van der Waals surface area contributed by atoms with Crippen LogP contribution in [0.4, 0.5) is 0 Å². The molecule has 0 radical (unpaired) electrons. The van der Waals surface area contributed by atoms with Gasteiger partial charge in [-0.25, -0.2) is 0 Å². The standard InChI is InChI=1S/C10H18N2O4/c1-12(2)4-3-11-9(13)7-5-16-6-8(7)10(14)15/h7-8H,3-6H2,1-2H3,(H,11,13)(H,14,15)/t7-,8+/m1/s1. The molecule has 2 atom stereocenters. The van der Waals surface area contributed by atoms with Gasteiger partial charge in [0.2, 0.25) is 5.91 Å². The van der Waals surface area contributed by atoms with Crippen LogP contribution in [0.15, 0.2) is 0 Å². The second-order valence-corrected chi connectivity index (χ2v) is 4.18. The minimum absolute atomic E-state index is 0.126. The normalized spacial score (nSPS) is 24.7. The zero-order valence-corrected chi connectivity index (χ0v) is 9.60. The quantitative estimate of drug-likeness (QED) is 0.634. The van der Waals surface area contributed by atoms with Gasteiger partial charge in [-0.3, -0.25) is 9.59 Å². The fourth-order valence-corrected chi connectivity index (χ4v) is 1.59. The molecule has 0 saturated carbocycles. The summed E-state index contributed by atoms with van der Waals surface area (Å²) < 4.78 is 5.03. The van der Waals surface area contributed by atoms with Crippen molar-refractivity contribution < 1.29 is 19.4 Å². The van der Waals surface area contributed by atoms with E-state index in [1.807, 2.05) is 19.0 Å². The lowest BCUT2D eigenvalue weighted by Gasteiger charge is -2.15. The van der Waals surface area contributed by atoms with Crippen molar-refractivity contribution in [2.24, 2.45) is 11.8 Å². The molecule has 0 bridgehead atoms. The molecule has 0 aromatic rings. The number of nitrogens with zero attached hydrogens (tertiary/aromatic N) is 1. The van der Waals surface area contributed by atoms with Crippen molar-refractivity contribution in [1.82, 2.24) is 10.2 Å². The van der Waals surface area contributed by atoms with Crippen molar-refractivity contribution in [3.05, 3.63) is 0 Å². The summed E-state index contributed by atoms with van der Waals surface area (Å²) in [5.41, 5.74) is 0. The highest BCUT2D eigenvalue weighted by Crippen LogP contribution is 2.20. The highest BCUT2D eigenvalue weighted by atomic mass is 16.5. The number of carboxylic acid groups (broad SMARTS) is 1. The molecule has 6 heteroatoms. The van der Waals surface area contributed by atoms with E-state index in [2.05, 4.69) is 5.32 Å². The third-order valence-corrected chi connectivity index (χ3v) is 2.59. The number of carboxylic acids is 1. The molecule has 1 saturated heterocycles. The molecular weight excluding hydrogens is 212 g/mol. The second kappa shape index (κ2) is 5.81. The molecule has 1 aliphatic heterocycles. The van der Waals surface area contributed by atoms with E-state index >= 15 is 0 Å². The fraction of sp³-hybridized carbons (Fsp3) is 0.800. The van der Waals surface area contributed by atoms with E-state index in [1.165, 1.54) is 0 Å². The van der Waals surface area contributed by atoms with Crippen molar-refractivity contribution in [3.8, 4) is 0 Å². The van der Waals surface area contributed by atoms with Crippen LogP contribution in [0.2, 0.25) is 0 Å². The lowest BCUT2D eigenvalue weighted by atomic mass is 9.95. The Labute approximate surface area is 94.6 Å². The van der Waals surface area contributed by atoms with Gasteiger partial charge in [0.25, 0.3) is 0 Å². The Balaban J connectivity index is 2.38. The molecule has 1 fully saturated rings. The van der Waals surface area contributed by atoms with Crippen molar-refractivity contribution in [1.29, 1.82) is 0 Å². The highest BCUT2D eigenvalue weighted by Gasteiger charge is 2.38. The van der Waals surface area contributed by atoms with Gasteiger partial charge in [-0.05, 0) is 14.1 Å². The molecule has 16 heavy (non-hydrogen) atoms. The zero-order valence-electron chi connectivity index (χ0n) is 9.60. The van der Waals surface area contributed by atoms with E-state index in [9.17, 15) is 9.59 Å². The van der Waals surface area contributed by atoms with Crippen LogP contribution in [0.3, 0.4) is 0 Å². The Hall–Kier alpha value is -1.14. The number of carbonyl (C=O) groups excluding carboxylic acids is 1. The Morgan fingerprint density at radius 3 is 2.56 bits per heavy atom. The number of carbonyl (C=O) groups is 2. The van der Waals surface area contributed by atoms with E-state index in [0.29, 0.717) is 6.54 Å². The smallest absolute Gasteiger partial charge is 0.309 e. The summed E-state index contributed by atoms with van der Waals surface area (Å²) in [5, 5.41) is 11.6. The van der Waals surface area contributed by atoms with Crippen molar-refractivity contribution in [2.45, 2.75) is 0 Å². The molecular formula is C10H18N2O4. The summed E-state index contributed by atoms with van der Waals surface area (Å²) in [5.74, 6) is -2.46. The molecule has 1 heterocycles. The number of rotatable bonds is 5. The maximum Gasteiger partial charge on any atom is 0.309 e. The van der Waals surface area contributed by atoms with Crippen molar-refractivity contribution in [3.63, 3.8) is 0 Å². The molecule has 1 rings (SSSR count). The first-order valence-corrected chi connectivity index (χ1v) is 5.25. The van der Waals surface area contributed by atoms with Crippen LogP contribution in [-0.2, 0) is 14.3 Å². The van der Waals surface area contributed by atoms with Crippen molar-refractivity contribution in [2.75, 3.05) is 40.4 Å². The van der Waals surface area contributed by atoms with E-state index in [0.717, 1.165) is 6.54 Å². The minimum Gasteiger partial charge on any atom is -0.481 e. The minimum atomic E-state index is -0.967. The molecule has 0 spiro atoms. The van der Waals surface area contributed by atoms with Gasteiger partial charge in [0.05, 0.1) is 25.0 Å². The van der Waals surface area contributed by atoms with Gasteiger partial charge in [-0.1, -0.05) is 0 Å². The summed E-state index contributed by atoms with van der Waals surface area (Å²) in [6.07, 6.45) is 0.